The number of nitrogens with one attached hydrogen (secondary N) is 1. The van der Waals surface area contributed by atoms with Crippen molar-refractivity contribution in [1.82, 2.24) is 14.9 Å². The molecule has 1 atom stereocenters. The smallest absolute Gasteiger partial charge is 0.0797 e. The summed E-state index contributed by atoms with van der Waals surface area (Å²) in [5.41, 5.74) is 6.80. The summed E-state index contributed by atoms with van der Waals surface area (Å²) in [4.78, 5) is 1.23. The Hall–Kier alpha value is -0.520. The summed E-state index contributed by atoms with van der Waals surface area (Å²) < 4.78 is 3.96. The Morgan fingerprint density at radius 1 is 1.47 bits per heavy atom. The third kappa shape index (κ3) is 3.52. The van der Waals surface area contributed by atoms with Gasteiger partial charge in [-0.1, -0.05) is 25.3 Å². The predicted molar refractivity (Wildman–Crippen MR) is 63.8 cm³/mol. The van der Waals surface area contributed by atoms with Crippen LogP contribution in [0, 0.1) is 5.92 Å². The number of hydrogen-bond donors (Lipinski definition) is 2. The molecule has 0 saturated carbocycles. The zero-order valence-corrected chi connectivity index (χ0v) is 10.5. The lowest BCUT2D eigenvalue weighted by atomic mass is 10.0. The van der Waals surface area contributed by atoms with Gasteiger partial charge in [-0.25, -0.2) is 0 Å². The minimum atomic E-state index is 0.372. The van der Waals surface area contributed by atoms with Gasteiger partial charge >= 0.3 is 0 Å². The van der Waals surface area contributed by atoms with Crippen molar-refractivity contribution in [2.45, 2.75) is 39.8 Å². The first kappa shape index (κ1) is 12.5. The minimum Gasteiger partial charge on any atom is -0.329 e. The average molecular weight is 228 g/mol. The fourth-order valence-electron chi connectivity index (χ4n) is 1.44. The topological polar surface area (TPSA) is 63.8 Å². The van der Waals surface area contributed by atoms with E-state index in [0.29, 0.717) is 18.5 Å². The van der Waals surface area contributed by atoms with E-state index < -0.39 is 0 Å². The number of aromatic nitrogens is 2. The van der Waals surface area contributed by atoms with Crippen molar-refractivity contribution in [2.24, 2.45) is 11.7 Å². The summed E-state index contributed by atoms with van der Waals surface area (Å²) >= 11 is 1.47. The lowest BCUT2D eigenvalue weighted by molar-refractivity contribution is 0.405. The quantitative estimate of drug-likeness (QED) is 0.767. The molecular weight excluding hydrogens is 208 g/mol. The van der Waals surface area contributed by atoms with Gasteiger partial charge in [0.1, 0.15) is 0 Å². The molecule has 3 N–H and O–H groups in total. The fourth-order valence-corrected chi connectivity index (χ4v) is 2.12. The fraction of sp³-hybridized carbons (Fsp3) is 0.800. The summed E-state index contributed by atoms with van der Waals surface area (Å²) in [5.74, 6) is 0.556. The first-order valence-electron chi connectivity index (χ1n) is 5.42. The normalized spacial score (nSPS) is 13.4. The Morgan fingerprint density at radius 2 is 2.20 bits per heavy atom. The van der Waals surface area contributed by atoms with E-state index in [0.717, 1.165) is 18.7 Å². The molecule has 15 heavy (non-hydrogen) atoms. The average Bonchev–Trinajstić information content (AvgIpc) is 2.65. The lowest BCUT2D eigenvalue weighted by Crippen LogP contribution is -2.39. The molecule has 0 aromatic carbocycles. The Kier molecular flexibility index (Phi) is 5.14. The van der Waals surface area contributed by atoms with Gasteiger partial charge in [0.15, 0.2) is 0 Å². The summed E-state index contributed by atoms with van der Waals surface area (Å²) in [6.07, 6.45) is 0.947. The molecule has 1 aromatic heterocycles. The van der Waals surface area contributed by atoms with E-state index in [1.54, 1.807) is 0 Å². The highest BCUT2D eigenvalue weighted by Gasteiger charge is 2.12. The Bertz CT molecular complexity index is 285. The van der Waals surface area contributed by atoms with Crippen LogP contribution in [0.5, 0.6) is 0 Å². The van der Waals surface area contributed by atoms with E-state index in [1.165, 1.54) is 16.4 Å². The van der Waals surface area contributed by atoms with Crippen LogP contribution in [0.25, 0.3) is 0 Å². The maximum atomic E-state index is 5.69. The number of nitrogens with zero attached hydrogens (tertiary/aromatic N) is 2. The van der Waals surface area contributed by atoms with Gasteiger partial charge in [-0.05, 0) is 23.9 Å². The molecule has 4 nitrogen and oxygen atoms in total. The van der Waals surface area contributed by atoms with Crippen molar-refractivity contribution in [3.05, 3.63) is 10.6 Å². The first-order chi connectivity index (χ1) is 7.19. The molecule has 86 valence electrons. The summed E-state index contributed by atoms with van der Waals surface area (Å²) in [5, 5.41) is 7.53. The highest BCUT2D eigenvalue weighted by molar-refractivity contribution is 7.05. The van der Waals surface area contributed by atoms with Crippen LogP contribution in [0.2, 0.25) is 0 Å². The third-order valence-corrected chi connectivity index (χ3v) is 3.32. The van der Waals surface area contributed by atoms with Gasteiger partial charge in [0, 0.05) is 19.1 Å². The molecule has 1 aromatic rings. The Labute approximate surface area is 95.4 Å². The van der Waals surface area contributed by atoms with E-state index in [-0.39, 0.29) is 0 Å². The Morgan fingerprint density at radius 3 is 2.73 bits per heavy atom. The van der Waals surface area contributed by atoms with Crippen molar-refractivity contribution in [3.63, 3.8) is 0 Å². The molecule has 0 saturated heterocycles. The van der Waals surface area contributed by atoms with Crippen molar-refractivity contribution in [3.8, 4) is 0 Å². The second kappa shape index (κ2) is 6.15. The van der Waals surface area contributed by atoms with Crippen LogP contribution in [0.1, 0.15) is 31.3 Å². The van der Waals surface area contributed by atoms with Crippen molar-refractivity contribution >= 4 is 11.5 Å². The SMILES string of the molecule is CCc1nnsc1CNC(CN)C(C)C. The predicted octanol–water partition coefficient (Wildman–Crippen LogP) is 1.17. The van der Waals surface area contributed by atoms with Crippen LogP contribution in [0.3, 0.4) is 0 Å². The van der Waals surface area contributed by atoms with E-state index in [1.807, 2.05) is 0 Å². The van der Waals surface area contributed by atoms with Gasteiger partial charge in [-0.2, -0.15) is 0 Å². The molecular formula is C10H20N4S. The van der Waals surface area contributed by atoms with E-state index >= 15 is 0 Å². The second-order valence-corrected chi connectivity index (χ2v) is 4.80. The van der Waals surface area contributed by atoms with Gasteiger partial charge in [-0.15, -0.1) is 5.10 Å². The summed E-state index contributed by atoms with van der Waals surface area (Å²) in [7, 11) is 0. The molecule has 0 aliphatic carbocycles. The molecule has 1 heterocycles. The molecule has 0 bridgehead atoms. The molecule has 5 heteroatoms. The maximum absolute atomic E-state index is 5.69. The van der Waals surface area contributed by atoms with Crippen LogP contribution in [0.15, 0.2) is 0 Å². The van der Waals surface area contributed by atoms with Crippen LogP contribution in [-0.2, 0) is 13.0 Å². The van der Waals surface area contributed by atoms with Crippen LogP contribution >= 0.6 is 11.5 Å². The zero-order valence-electron chi connectivity index (χ0n) is 9.66. The highest BCUT2D eigenvalue weighted by atomic mass is 32.1. The van der Waals surface area contributed by atoms with Gasteiger partial charge < -0.3 is 11.1 Å². The standard InChI is InChI=1S/C10H20N4S/c1-4-8-10(15-14-13-8)6-12-9(5-11)7(2)3/h7,9,12H,4-6,11H2,1-3H3. The van der Waals surface area contributed by atoms with Crippen molar-refractivity contribution in [1.29, 1.82) is 0 Å². The summed E-state index contributed by atoms with van der Waals surface area (Å²) in [6, 6.07) is 0.372. The zero-order chi connectivity index (χ0) is 11.3. The van der Waals surface area contributed by atoms with Gasteiger partial charge in [0.2, 0.25) is 0 Å². The van der Waals surface area contributed by atoms with E-state index in [4.69, 9.17) is 5.73 Å². The van der Waals surface area contributed by atoms with Gasteiger partial charge in [-0.3, -0.25) is 0 Å². The van der Waals surface area contributed by atoms with Crippen LogP contribution in [-0.4, -0.2) is 22.2 Å². The molecule has 0 amide bonds. The largest absolute Gasteiger partial charge is 0.329 e. The molecule has 1 unspecified atom stereocenters. The number of rotatable bonds is 6. The molecule has 0 spiro atoms. The van der Waals surface area contributed by atoms with E-state index in [2.05, 4.69) is 35.7 Å². The first-order valence-corrected chi connectivity index (χ1v) is 6.19. The van der Waals surface area contributed by atoms with Gasteiger partial charge in [0.05, 0.1) is 10.6 Å². The highest BCUT2D eigenvalue weighted by Crippen LogP contribution is 2.11. The Balaban J connectivity index is 2.48. The van der Waals surface area contributed by atoms with E-state index in [9.17, 15) is 0 Å². The number of nitrogens with two attached hydrogens (primary N) is 1. The van der Waals surface area contributed by atoms with Crippen LogP contribution in [0.4, 0.5) is 0 Å². The molecule has 0 aliphatic heterocycles. The minimum absolute atomic E-state index is 0.372. The monoisotopic (exact) mass is 228 g/mol. The van der Waals surface area contributed by atoms with Gasteiger partial charge in [0.25, 0.3) is 0 Å². The van der Waals surface area contributed by atoms with Crippen LogP contribution < -0.4 is 11.1 Å². The molecule has 1 rings (SSSR count). The third-order valence-electron chi connectivity index (χ3n) is 2.55. The molecule has 0 fully saturated rings. The number of hydrogen-bond acceptors (Lipinski definition) is 5. The molecule has 0 radical (unpaired) electrons. The number of aryl methyl sites for hydroxylation is 1. The second-order valence-electron chi connectivity index (χ2n) is 3.96. The summed E-state index contributed by atoms with van der Waals surface area (Å²) in [6.45, 7) is 7.96. The maximum Gasteiger partial charge on any atom is 0.0797 e. The van der Waals surface area contributed by atoms with Crippen molar-refractivity contribution < 1.29 is 0 Å². The lowest BCUT2D eigenvalue weighted by Gasteiger charge is -2.20. The van der Waals surface area contributed by atoms with Crippen molar-refractivity contribution in [2.75, 3.05) is 6.54 Å². The molecule has 0 aliphatic rings.